The Kier molecular flexibility index (Phi) is 3.70. The summed E-state index contributed by atoms with van der Waals surface area (Å²) in [6.45, 7) is 2.38. The minimum atomic E-state index is -0.425. The molecule has 0 atom stereocenters. The summed E-state index contributed by atoms with van der Waals surface area (Å²) in [6.07, 6.45) is 3.10. The molecule has 0 bridgehead atoms. The van der Waals surface area contributed by atoms with Crippen molar-refractivity contribution in [1.29, 1.82) is 0 Å². The van der Waals surface area contributed by atoms with Crippen molar-refractivity contribution in [3.63, 3.8) is 0 Å². The summed E-state index contributed by atoms with van der Waals surface area (Å²) in [7, 11) is 0. The van der Waals surface area contributed by atoms with E-state index in [2.05, 4.69) is 15.3 Å². The van der Waals surface area contributed by atoms with E-state index in [4.69, 9.17) is 0 Å². The zero-order valence-corrected chi connectivity index (χ0v) is 12.1. The second-order valence-corrected chi connectivity index (χ2v) is 5.06. The molecule has 3 aromatic rings. The molecule has 1 aromatic carbocycles. The van der Waals surface area contributed by atoms with Crippen LogP contribution in [0.5, 0.6) is 5.75 Å². The number of benzene rings is 1. The summed E-state index contributed by atoms with van der Waals surface area (Å²) in [5, 5.41) is 13.6. The summed E-state index contributed by atoms with van der Waals surface area (Å²) >= 11 is 0. The van der Waals surface area contributed by atoms with E-state index in [9.17, 15) is 9.90 Å². The first-order valence-corrected chi connectivity index (χ1v) is 6.91. The van der Waals surface area contributed by atoms with Crippen LogP contribution in [0.2, 0.25) is 0 Å². The van der Waals surface area contributed by atoms with E-state index in [1.807, 2.05) is 31.2 Å². The molecule has 2 heterocycles. The van der Waals surface area contributed by atoms with E-state index in [1.54, 1.807) is 18.3 Å². The molecule has 0 saturated heterocycles. The van der Waals surface area contributed by atoms with E-state index >= 15 is 0 Å². The fourth-order valence-electron chi connectivity index (χ4n) is 2.17. The van der Waals surface area contributed by atoms with E-state index in [1.165, 1.54) is 6.20 Å². The number of fused-ring (bicyclic) bond motifs is 1. The summed E-state index contributed by atoms with van der Waals surface area (Å²) < 4.78 is 0. The minimum absolute atomic E-state index is 0.0155. The van der Waals surface area contributed by atoms with Gasteiger partial charge in [0.1, 0.15) is 5.52 Å². The van der Waals surface area contributed by atoms with Crippen molar-refractivity contribution >= 4 is 16.8 Å². The molecule has 0 unspecified atom stereocenters. The van der Waals surface area contributed by atoms with Gasteiger partial charge in [-0.15, -0.1) is 0 Å². The van der Waals surface area contributed by atoms with E-state index in [0.29, 0.717) is 17.4 Å². The fourth-order valence-corrected chi connectivity index (χ4v) is 2.17. The molecule has 0 aliphatic rings. The number of hydrogen-bond donors (Lipinski definition) is 2. The van der Waals surface area contributed by atoms with Gasteiger partial charge in [-0.1, -0.05) is 29.8 Å². The lowest BCUT2D eigenvalue weighted by molar-refractivity contribution is 0.0943. The van der Waals surface area contributed by atoms with Gasteiger partial charge in [-0.2, -0.15) is 0 Å². The van der Waals surface area contributed by atoms with Crippen molar-refractivity contribution in [1.82, 2.24) is 15.3 Å². The Morgan fingerprint density at radius 3 is 2.73 bits per heavy atom. The largest absolute Gasteiger partial charge is 0.504 e. The third kappa shape index (κ3) is 2.74. The molecule has 0 saturated carbocycles. The van der Waals surface area contributed by atoms with Crippen LogP contribution in [0, 0.1) is 6.92 Å². The van der Waals surface area contributed by atoms with E-state index in [0.717, 1.165) is 11.1 Å². The van der Waals surface area contributed by atoms with Crippen LogP contribution in [0.1, 0.15) is 21.6 Å². The monoisotopic (exact) mass is 293 g/mol. The summed E-state index contributed by atoms with van der Waals surface area (Å²) in [5.74, 6) is -0.620. The Morgan fingerprint density at radius 1 is 1.18 bits per heavy atom. The predicted molar refractivity (Wildman–Crippen MR) is 83.6 cm³/mol. The van der Waals surface area contributed by atoms with Crippen LogP contribution in [0.4, 0.5) is 0 Å². The zero-order valence-electron chi connectivity index (χ0n) is 12.1. The lowest BCUT2D eigenvalue weighted by Crippen LogP contribution is -2.24. The standard InChI is InChI=1S/C17H15N3O2/c1-11-4-6-12(7-5-11)9-20-17(22)15-16(21)14-13(10-19-15)3-2-8-18-14/h2-8,10,21H,9H2,1H3,(H,20,22). The van der Waals surface area contributed by atoms with Gasteiger partial charge in [0, 0.05) is 24.3 Å². The number of carbonyl (C=O) groups is 1. The van der Waals surface area contributed by atoms with Crippen LogP contribution in [-0.2, 0) is 6.54 Å². The third-order valence-corrected chi connectivity index (χ3v) is 3.41. The number of nitrogens with zero attached hydrogens (tertiary/aromatic N) is 2. The van der Waals surface area contributed by atoms with E-state index < -0.39 is 5.91 Å². The van der Waals surface area contributed by atoms with Crippen molar-refractivity contribution in [3.05, 3.63) is 65.6 Å². The molecule has 0 aliphatic heterocycles. The molecule has 110 valence electrons. The molecule has 2 aromatic heterocycles. The number of nitrogens with one attached hydrogen (secondary N) is 1. The average Bonchev–Trinajstić information content (AvgIpc) is 2.55. The molecule has 5 heteroatoms. The lowest BCUT2D eigenvalue weighted by atomic mass is 10.1. The predicted octanol–water partition coefficient (Wildman–Crippen LogP) is 2.57. The highest BCUT2D eigenvalue weighted by atomic mass is 16.3. The molecular formula is C17H15N3O2. The van der Waals surface area contributed by atoms with Gasteiger partial charge in [0.2, 0.25) is 0 Å². The molecule has 1 amide bonds. The molecule has 3 rings (SSSR count). The molecule has 0 fully saturated rings. The third-order valence-electron chi connectivity index (χ3n) is 3.41. The molecular weight excluding hydrogens is 278 g/mol. The highest BCUT2D eigenvalue weighted by Gasteiger charge is 2.16. The first-order chi connectivity index (χ1) is 10.6. The Bertz CT molecular complexity index is 829. The van der Waals surface area contributed by atoms with Gasteiger partial charge in [0.25, 0.3) is 5.91 Å². The van der Waals surface area contributed by atoms with Gasteiger partial charge in [-0.3, -0.25) is 9.78 Å². The Hall–Kier alpha value is -2.95. The van der Waals surface area contributed by atoms with E-state index in [-0.39, 0.29) is 11.4 Å². The second kappa shape index (κ2) is 5.81. The Labute approximate surface area is 127 Å². The van der Waals surface area contributed by atoms with Crippen LogP contribution in [0.15, 0.2) is 48.8 Å². The summed E-state index contributed by atoms with van der Waals surface area (Å²) in [6, 6.07) is 11.4. The SMILES string of the molecule is Cc1ccc(CNC(=O)c2ncc3cccnc3c2O)cc1. The van der Waals surface area contributed by atoms with Crippen molar-refractivity contribution in [2.75, 3.05) is 0 Å². The summed E-state index contributed by atoms with van der Waals surface area (Å²) in [4.78, 5) is 20.3. The molecule has 0 spiro atoms. The minimum Gasteiger partial charge on any atom is -0.504 e. The van der Waals surface area contributed by atoms with Crippen molar-refractivity contribution < 1.29 is 9.90 Å². The number of amides is 1. The number of aromatic hydroxyl groups is 1. The van der Waals surface area contributed by atoms with Gasteiger partial charge < -0.3 is 10.4 Å². The van der Waals surface area contributed by atoms with Crippen LogP contribution in [-0.4, -0.2) is 21.0 Å². The maximum atomic E-state index is 12.2. The molecule has 0 aliphatic carbocycles. The van der Waals surface area contributed by atoms with Crippen LogP contribution in [0.3, 0.4) is 0 Å². The van der Waals surface area contributed by atoms with Gasteiger partial charge in [0.15, 0.2) is 11.4 Å². The molecule has 5 nitrogen and oxygen atoms in total. The number of aryl methyl sites for hydroxylation is 1. The number of pyridine rings is 2. The Balaban J connectivity index is 1.80. The number of carbonyl (C=O) groups excluding carboxylic acids is 1. The van der Waals surface area contributed by atoms with Crippen molar-refractivity contribution in [3.8, 4) is 5.75 Å². The van der Waals surface area contributed by atoms with Gasteiger partial charge in [0.05, 0.1) is 0 Å². The van der Waals surface area contributed by atoms with Crippen molar-refractivity contribution in [2.45, 2.75) is 13.5 Å². The molecule has 0 radical (unpaired) electrons. The topological polar surface area (TPSA) is 75.1 Å². The van der Waals surface area contributed by atoms with Gasteiger partial charge in [-0.25, -0.2) is 4.98 Å². The fraction of sp³-hybridized carbons (Fsp3) is 0.118. The average molecular weight is 293 g/mol. The smallest absolute Gasteiger partial charge is 0.274 e. The maximum Gasteiger partial charge on any atom is 0.274 e. The normalized spacial score (nSPS) is 10.6. The molecule has 22 heavy (non-hydrogen) atoms. The van der Waals surface area contributed by atoms with Crippen LogP contribution >= 0.6 is 0 Å². The first kappa shape index (κ1) is 14.0. The second-order valence-electron chi connectivity index (χ2n) is 5.06. The van der Waals surface area contributed by atoms with Crippen molar-refractivity contribution in [2.24, 2.45) is 0 Å². The first-order valence-electron chi connectivity index (χ1n) is 6.91. The number of hydrogen-bond acceptors (Lipinski definition) is 4. The summed E-state index contributed by atoms with van der Waals surface area (Å²) in [5.41, 5.74) is 2.50. The maximum absolute atomic E-state index is 12.2. The van der Waals surface area contributed by atoms with Gasteiger partial charge >= 0.3 is 0 Å². The Morgan fingerprint density at radius 2 is 1.95 bits per heavy atom. The molecule has 2 N–H and O–H groups in total. The van der Waals surface area contributed by atoms with Crippen LogP contribution in [0.25, 0.3) is 10.9 Å². The lowest BCUT2D eigenvalue weighted by Gasteiger charge is -2.08. The zero-order chi connectivity index (χ0) is 15.5. The van der Waals surface area contributed by atoms with Crippen LogP contribution < -0.4 is 5.32 Å². The quantitative estimate of drug-likeness (QED) is 0.778. The highest BCUT2D eigenvalue weighted by Crippen LogP contribution is 2.24. The van der Waals surface area contributed by atoms with Gasteiger partial charge in [-0.05, 0) is 24.6 Å². The number of rotatable bonds is 3. The number of aromatic nitrogens is 2. The highest BCUT2D eigenvalue weighted by molar-refractivity contribution is 6.00.